The minimum atomic E-state index is -1.18. The molecule has 3 rings (SSSR count). The molecule has 0 radical (unpaired) electrons. The highest BCUT2D eigenvalue weighted by Crippen LogP contribution is 2.38. The highest BCUT2D eigenvalue weighted by Gasteiger charge is 2.18. The first-order valence-electron chi connectivity index (χ1n) is 6.90. The maximum absolute atomic E-state index is 12.4. The second kappa shape index (κ2) is 7.31. The predicted molar refractivity (Wildman–Crippen MR) is 94.5 cm³/mol. The Labute approximate surface area is 151 Å². The van der Waals surface area contributed by atoms with E-state index in [4.69, 9.17) is 44.3 Å². The molecular weight excluding hydrogens is 379 g/mol. The summed E-state index contributed by atoms with van der Waals surface area (Å²) in [4.78, 5) is 0. The van der Waals surface area contributed by atoms with Gasteiger partial charge in [0.05, 0.1) is 10.8 Å². The summed E-state index contributed by atoms with van der Waals surface area (Å²) in [6.07, 6.45) is 0. The van der Waals surface area contributed by atoms with Crippen LogP contribution in [0.4, 0.5) is 0 Å². The minimum Gasteiger partial charge on any atom is -0.486 e. The molecule has 0 aliphatic carbocycles. The molecule has 0 spiro atoms. The van der Waals surface area contributed by atoms with E-state index in [1.807, 2.05) is 6.07 Å². The van der Waals surface area contributed by atoms with Gasteiger partial charge in [0.15, 0.2) is 11.5 Å². The van der Waals surface area contributed by atoms with Crippen LogP contribution in [0.1, 0.15) is 11.1 Å². The van der Waals surface area contributed by atoms with Crippen molar-refractivity contribution in [1.82, 2.24) is 0 Å². The van der Waals surface area contributed by atoms with Crippen LogP contribution in [0.2, 0.25) is 15.1 Å². The lowest BCUT2D eigenvalue weighted by atomic mass is 10.2. The number of benzene rings is 2. The van der Waals surface area contributed by atoms with Crippen LogP contribution in [0, 0.1) is 0 Å². The summed E-state index contributed by atoms with van der Waals surface area (Å²) < 4.78 is 23.5. The van der Waals surface area contributed by atoms with Crippen LogP contribution in [0.5, 0.6) is 11.5 Å². The van der Waals surface area contributed by atoms with Crippen LogP contribution in [0.3, 0.4) is 0 Å². The fourth-order valence-electron chi connectivity index (χ4n) is 2.32. The maximum atomic E-state index is 12.4. The molecule has 1 aliphatic heterocycles. The highest BCUT2D eigenvalue weighted by molar-refractivity contribution is 7.83. The van der Waals surface area contributed by atoms with E-state index in [-0.39, 0.29) is 5.75 Å². The first kappa shape index (κ1) is 16.9. The summed E-state index contributed by atoms with van der Waals surface area (Å²) in [6.45, 7) is 0.952. The Bertz CT molecular complexity index is 744. The molecule has 2 aromatic rings. The number of fused-ring (bicyclic) bond motifs is 1. The van der Waals surface area contributed by atoms with Gasteiger partial charge in [-0.15, -0.1) is 0 Å². The summed E-state index contributed by atoms with van der Waals surface area (Å²) in [7, 11) is -1.18. The van der Waals surface area contributed by atoms with Gasteiger partial charge in [0, 0.05) is 32.2 Å². The fourth-order valence-corrected chi connectivity index (χ4v) is 4.57. The Balaban J connectivity index is 1.77. The molecule has 3 nitrogen and oxygen atoms in total. The molecule has 1 atom stereocenters. The second-order valence-electron chi connectivity index (χ2n) is 5.03. The van der Waals surface area contributed by atoms with E-state index in [1.54, 1.807) is 24.3 Å². The van der Waals surface area contributed by atoms with Gasteiger partial charge in [-0.3, -0.25) is 4.21 Å². The maximum Gasteiger partial charge on any atom is 0.179 e. The van der Waals surface area contributed by atoms with Gasteiger partial charge in [-0.05, 0) is 29.8 Å². The van der Waals surface area contributed by atoms with E-state index in [0.29, 0.717) is 51.1 Å². The standard InChI is InChI=1S/C16H13Cl3O3S/c17-12-2-1-3-13(18)11(12)9-23(20)8-10-6-14(19)16-15(7-10)21-4-5-22-16/h1-3,6-7H,4-5,8-9H2. The number of ether oxygens (including phenoxy) is 2. The molecule has 1 unspecified atom stereocenters. The lowest BCUT2D eigenvalue weighted by molar-refractivity contribution is 0.171. The van der Waals surface area contributed by atoms with Crippen LogP contribution in [-0.4, -0.2) is 17.4 Å². The van der Waals surface area contributed by atoms with Crippen LogP contribution in [-0.2, 0) is 22.3 Å². The van der Waals surface area contributed by atoms with Crippen LogP contribution in [0.15, 0.2) is 30.3 Å². The van der Waals surface area contributed by atoms with Gasteiger partial charge >= 0.3 is 0 Å². The zero-order chi connectivity index (χ0) is 16.4. The fraction of sp³-hybridized carbons (Fsp3) is 0.250. The van der Waals surface area contributed by atoms with E-state index in [9.17, 15) is 4.21 Å². The van der Waals surface area contributed by atoms with Gasteiger partial charge in [0.25, 0.3) is 0 Å². The summed E-state index contributed by atoms with van der Waals surface area (Å²) in [6, 6.07) is 8.80. The van der Waals surface area contributed by atoms with Crippen molar-refractivity contribution in [2.24, 2.45) is 0 Å². The van der Waals surface area contributed by atoms with Crippen molar-refractivity contribution in [2.45, 2.75) is 11.5 Å². The lowest BCUT2D eigenvalue weighted by Crippen LogP contribution is -2.16. The monoisotopic (exact) mass is 390 g/mol. The minimum absolute atomic E-state index is 0.282. The topological polar surface area (TPSA) is 35.5 Å². The molecule has 0 bridgehead atoms. The van der Waals surface area contributed by atoms with Crippen molar-refractivity contribution in [3.05, 3.63) is 56.5 Å². The highest BCUT2D eigenvalue weighted by atomic mass is 35.5. The Kier molecular flexibility index (Phi) is 5.37. The van der Waals surface area contributed by atoms with Crippen molar-refractivity contribution in [3.8, 4) is 11.5 Å². The van der Waals surface area contributed by atoms with Gasteiger partial charge in [-0.1, -0.05) is 40.9 Å². The van der Waals surface area contributed by atoms with Gasteiger partial charge in [0.2, 0.25) is 0 Å². The zero-order valence-corrected chi connectivity index (χ0v) is 15.1. The molecule has 1 aliphatic rings. The Morgan fingerprint density at radius 3 is 2.39 bits per heavy atom. The molecule has 7 heteroatoms. The molecule has 0 fully saturated rings. The lowest BCUT2D eigenvalue weighted by Gasteiger charge is -2.20. The molecule has 2 aromatic carbocycles. The normalized spacial score (nSPS) is 14.6. The third-order valence-corrected chi connectivity index (χ3v) is 5.61. The summed E-state index contributed by atoms with van der Waals surface area (Å²) in [5.41, 5.74) is 1.51. The van der Waals surface area contributed by atoms with E-state index in [1.165, 1.54) is 0 Å². The molecule has 0 N–H and O–H groups in total. The summed E-state index contributed by atoms with van der Waals surface area (Å²) in [5, 5.41) is 1.50. The summed E-state index contributed by atoms with van der Waals surface area (Å²) in [5.74, 6) is 1.75. The molecule has 0 amide bonds. The predicted octanol–water partition coefficient (Wildman–Crippen LogP) is 4.87. The zero-order valence-electron chi connectivity index (χ0n) is 12.0. The number of hydrogen-bond donors (Lipinski definition) is 0. The van der Waals surface area contributed by atoms with Crippen molar-refractivity contribution in [1.29, 1.82) is 0 Å². The Hall–Kier alpha value is -0.940. The van der Waals surface area contributed by atoms with E-state index < -0.39 is 10.8 Å². The molecule has 1 heterocycles. The van der Waals surface area contributed by atoms with Crippen LogP contribution in [0.25, 0.3) is 0 Å². The van der Waals surface area contributed by atoms with E-state index in [0.717, 1.165) is 5.56 Å². The average molecular weight is 392 g/mol. The van der Waals surface area contributed by atoms with Crippen molar-refractivity contribution >= 4 is 45.6 Å². The molecule has 0 aromatic heterocycles. The summed E-state index contributed by atoms with van der Waals surface area (Å²) >= 11 is 18.4. The van der Waals surface area contributed by atoms with Gasteiger partial charge < -0.3 is 9.47 Å². The van der Waals surface area contributed by atoms with Crippen LogP contribution < -0.4 is 9.47 Å². The molecular formula is C16H13Cl3O3S. The molecule has 23 heavy (non-hydrogen) atoms. The Morgan fingerprint density at radius 2 is 1.65 bits per heavy atom. The van der Waals surface area contributed by atoms with Crippen LogP contribution >= 0.6 is 34.8 Å². The smallest absolute Gasteiger partial charge is 0.179 e. The quantitative estimate of drug-likeness (QED) is 0.746. The largest absolute Gasteiger partial charge is 0.486 e. The molecule has 122 valence electrons. The Morgan fingerprint density at radius 1 is 0.957 bits per heavy atom. The van der Waals surface area contributed by atoms with Crippen molar-refractivity contribution < 1.29 is 13.7 Å². The van der Waals surface area contributed by atoms with Crippen molar-refractivity contribution in [2.75, 3.05) is 13.2 Å². The number of halogens is 3. The third kappa shape index (κ3) is 3.94. The third-order valence-electron chi connectivity index (χ3n) is 3.35. The number of rotatable bonds is 4. The SMILES string of the molecule is O=S(Cc1cc(Cl)c2c(c1)OCCO2)Cc1c(Cl)cccc1Cl. The second-order valence-corrected chi connectivity index (χ2v) is 7.71. The van der Waals surface area contributed by atoms with E-state index in [2.05, 4.69) is 0 Å². The first-order chi connectivity index (χ1) is 11.0. The average Bonchev–Trinajstić information content (AvgIpc) is 2.51. The van der Waals surface area contributed by atoms with Crippen molar-refractivity contribution in [3.63, 3.8) is 0 Å². The first-order valence-corrected chi connectivity index (χ1v) is 9.52. The van der Waals surface area contributed by atoms with Gasteiger partial charge in [-0.25, -0.2) is 0 Å². The molecule has 0 saturated carbocycles. The number of hydrogen-bond acceptors (Lipinski definition) is 3. The van der Waals surface area contributed by atoms with E-state index >= 15 is 0 Å². The van der Waals surface area contributed by atoms with Gasteiger partial charge in [0.1, 0.15) is 13.2 Å². The molecule has 0 saturated heterocycles. The van der Waals surface area contributed by atoms with Gasteiger partial charge in [-0.2, -0.15) is 0 Å².